The molecule has 1 saturated heterocycles. The maximum atomic E-state index is 12.7. The van der Waals surface area contributed by atoms with Crippen LogP contribution in [0.5, 0.6) is 5.88 Å². The number of hydrogen-bond donors (Lipinski definition) is 1. The second kappa shape index (κ2) is 9.96. The average Bonchev–Trinajstić information content (AvgIpc) is 3.21. The number of rotatable bonds is 7. The van der Waals surface area contributed by atoms with Crippen molar-refractivity contribution < 1.29 is 23.0 Å². The summed E-state index contributed by atoms with van der Waals surface area (Å²) < 4.78 is 43.9. The van der Waals surface area contributed by atoms with Crippen LogP contribution in [0, 0.1) is 0 Å². The molecule has 8 heteroatoms. The van der Waals surface area contributed by atoms with Gasteiger partial charge in [0, 0.05) is 37.0 Å². The first-order valence-corrected chi connectivity index (χ1v) is 10.2. The van der Waals surface area contributed by atoms with Gasteiger partial charge in [-0.2, -0.15) is 13.2 Å². The lowest BCUT2D eigenvalue weighted by molar-refractivity contribution is -0.137. The molecule has 2 aromatic heterocycles. The normalized spacial score (nSPS) is 17.5. The standard InChI is InChI=1S/C23H26F3N3O2/c1-3-5-16(6-4-2)17-11-21(20(15-30)27-12-17)29-10-9-19(14-29)31-22-8-7-18(13-28-22)23(24,25)26/h3,5-8,11-13,19,30H,4,9-10,14-15H2,1-2H3/b5-3-,16-6+/t19-/m0/s1. The predicted molar refractivity (Wildman–Crippen MR) is 114 cm³/mol. The molecule has 0 saturated carbocycles. The lowest BCUT2D eigenvalue weighted by Gasteiger charge is -2.22. The van der Waals surface area contributed by atoms with Crippen LogP contribution in [0.25, 0.3) is 5.57 Å². The highest BCUT2D eigenvalue weighted by atomic mass is 19.4. The Bertz CT molecular complexity index is 940. The summed E-state index contributed by atoms with van der Waals surface area (Å²) in [5.41, 5.74) is 2.62. The Hall–Kier alpha value is -2.87. The van der Waals surface area contributed by atoms with Gasteiger partial charge in [0.1, 0.15) is 6.10 Å². The van der Waals surface area contributed by atoms with E-state index in [0.29, 0.717) is 25.2 Å². The lowest BCUT2D eigenvalue weighted by Crippen LogP contribution is -2.26. The molecule has 2 aromatic rings. The van der Waals surface area contributed by atoms with Gasteiger partial charge in [-0.1, -0.05) is 25.2 Å². The van der Waals surface area contributed by atoms with Crippen LogP contribution >= 0.6 is 0 Å². The molecule has 1 atom stereocenters. The summed E-state index contributed by atoms with van der Waals surface area (Å²) in [5.74, 6) is 0.162. The van der Waals surface area contributed by atoms with Gasteiger partial charge >= 0.3 is 6.18 Å². The summed E-state index contributed by atoms with van der Waals surface area (Å²) in [4.78, 5) is 10.3. The third-order valence-corrected chi connectivity index (χ3v) is 5.04. The van der Waals surface area contributed by atoms with Gasteiger partial charge in [0.25, 0.3) is 0 Å². The van der Waals surface area contributed by atoms with E-state index in [-0.39, 0.29) is 18.6 Å². The first-order chi connectivity index (χ1) is 14.9. The van der Waals surface area contributed by atoms with Crippen molar-refractivity contribution in [3.05, 3.63) is 65.6 Å². The molecule has 3 heterocycles. The van der Waals surface area contributed by atoms with Crippen LogP contribution in [0.4, 0.5) is 18.9 Å². The van der Waals surface area contributed by atoms with Gasteiger partial charge in [-0.15, -0.1) is 0 Å². The van der Waals surface area contributed by atoms with E-state index in [4.69, 9.17) is 4.74 Å². The van der Waals surface area contributed by atoms with Crippen LogP contribution in [0.3, 0.4) is 0 Å². The van der Waals surface area contributed by atoms with Crippen molar-refractivity contribution in [3.63, 3.8) is 0 Å². The second-order valence-corrected chi connectivity index (χ2v) is 7.27. The molecule has 0 amide bonds. The van der Waals surface area contributed by atoms with E-state index in [0.717, 1.165) is 35.5 Å². The van der Waals surface area contributed by atoms with Crippen LogP contribution < -0.4 is 9.64 Å². The smallest absolute Gasteiger partial charge is 0.417 e. The molecule has 0 spiro atoms. The number of aromatic nitrogens is 2. The summed E-state index contributed by atoms with van der Waals surface area (Å²) in [6, 6.07) is 4.22. The molecule has 0 radical (unpaired) electrons. The molecule has 166 valence electrons. The van der Waals surface area contributed by atoms with Crippen molar-refractivity contribution in [3.8, 4) is 5.88 Å². The molecular weight excluding hydrogens is 407 g/mol. The molecule has 0 unspecified atom stereocenters. The third kappa shape index (κ3) is 5.64. The van der Waals surface area contributed by atoms with Crippen molar-refractivity contribution in [2.45, 2.75) is 45.6 Å². The maximum absolute atomic E-state index is 12.7. The molecule has 0 aromatic carbocycles. The SMILES string of the molecule is C/C=C\C(=C/CC)c1cnc(CO)c(N2CC[C@H](Oc3ccc(C(F)(F)F)cn3)C2)c1. The molecular formula is C23H26F3N3O2. The highest BCUT2D eigenvalue weighted by molar-refractivity contribution is 5.76. The van der Waals surface area contributed by atoms with E-state index in [2.05, 4.69) is 27.9 Å². The number of pyridine rings is 2. The monoisotopic (exact) mass is 433 g/mol. The largest absolute Gasteiger partial charge is 0.472 e. The lowest BCUT2D eigenvalue weighted by atomic mass is 10.0. The number of ether oxygens (including phenoxy) is 1. The second-order valence-electron chi connectivity index (χ2n) is 7.27. The van der Waals surface area contributed by atoms with Crippen LogP contribution in [-0.2, 0) is 12.8 Å². The first kappa shape index (κ1) is 22.8. The van der Waals surface area contributed by atoms with Crippen molar-refractivity contribution >= 4 is 11.3 Å². The van der Waals surface area contributed by atoms with Gasteiger partial charge in [0.15, 0.2) is 0 Å². The number of halogens is 3. The topological polar surface area (TPSA) is 58.5 Å². The minimum atomic E-state index is -4.42. The number of allylic oxidation sites excluding steroid dienone is 4. The van der Waals surface area contributed by atoms with Crippen LogP contribution in [-0.4, -0.2) is 34.3 Å². The van der Waals surface area contributed by atoms with Gasteiger partial charge in [0.2, 0.25) is 5.88 Å². The van der Waals surface area contributed by atoms with E-state index in [9.17, 15) is 18.3 Å². The van der Waals surface area contributed by atoms with Gasteiger partial charge in [0.05, 0.1) is 30.1 Å². The minimum absolute atomic E-state index is 0.162. The fourth-order valence-electron chi connectivity index (χ4n) is 3.55. The molecule has 0 bridgehead atoms. The molecule has 1 fully saturated rings. The Balaban J connectivity index is 1.75. The Morgan fingerprint density at radius 1 is 1.29 bits per heavy atom. The molecule has 5 nitrogen and oxygen atoms in total. The van der Waals surface area contributed by atoms with E-state index in [1.54, 1.807) is 6.20 Å². The van der Waals surface area contributed by atoms with Crippen molar-refractivity contribution in [2.75, 3.05) is 18.0 Å². The number of hydrogen-bond acceptors (Lipinski definition) is 5. The Morgan fingerprint density at radius 2 is 2.10 bits per heavy atom. The number of nitrogens with zero attached hydrogens (tertiary/aromatic N) is 3. The Labute approximate surface area is 179 Å². The molecule has 1 N–H and O–H groups in total. The average molecular weight is 433 g/mol. The van der Waals surface area contributed by atoms with Crippen molar-refractivity contribution in [1.82, 2.24) is 9.97 Å². The van der Waals surface area contributed by atoms with E-state index >= 15 is 0 Å². The van der Waals surface area contributed by atoms with Crippen LogP contribution in [0.15, 0.2) is 48.8 Å². The van der Waals surface area contributed by atoms with Crippen LogP contribution in [0.2, 0.25) is 0 Å². The minimum Gasteiger partial charge on any atom is -0.472 e. The van der Waals surface area contributed by atoms with Gasteiger partial charge < -0.3 is 14.7 Å². The van der Waals surface area contributed by atoms with E-state index in [1.807, 2.05) is 25.1 Å². The van der Waals surface area contributed by atoms with Gasteiger partial charge in [-0.3, -0.25) is 4.98 Å². The number of alkyl halides is 3. The zero-order chi connectivity index (χ0) is 22.4. The first-order valence-electron chi connectivity index (χ1n) is 10.2. The molecule has 1 aliphatic heterocycles. The number of anilines is 1. The summed E-state index contributed by atoms with van der Waals surface area (Å²) in [6.07, 6.45) is 5.57. The zero-order valence-electron chi connectivity index (χ0n) is 17.6. The summed E-state index contributed by atoms with van der Waals surface area (Å²) in [7, 11) is 0. The maximum Gasteiger partial charge on any atom is 0.417 e. The highest BCUT2D eigenvalue weighted by Gasteiger charge is 2.31. The van der Waals surface area contributed by atoms with Gasteiger partial charge in [-0.25, -0.2) is 4.98 Å². The highest BCUT2D eigenvalue weighted by Crippen LogP contribution is 2.31. The van der Waals surface area contributed by atoms with Crippen molar-refractivity contribution in [2.24, 2.45) is 0 Å². The zero-order valence-corrected chi connectivity index (χ0v) is 17.6. The van der Waals surface area contributed by atoms with Crippen molar-refractivity contribution in [1.29, 1.82) is 0 Å². The molecule has 3 rings (SSSR count). The van der Waals surface area contributed by atoms with Gasteiger partial charge in [-0.05, 0) is 31.1 Å². The van der Waals surface area contributed by atoms with E-state index in [1.165, 1.54) is 6.07 Å². The third-order valence-electron chi connectivity index (χ3n) is 5.04. The fourth-order valence-corrected chi connectivity index (χ4v) is 3.55. The summed E-state index contributed by atoms with van der Waals surface area (Å²) in [6.45, 7) is 5.04. The number of aliphatic hydroxyl groups excluding tert-OH is 1. The fraction of sp³-hybridized carbons (Fsp3) is 0.391. The Morgan fingerprint density at radius 3 is 2.71 bits per heavy atom. The van der Waals surface area contributed by atoms with Crippen LogP contribution in [0.1, 0.15) is 43.5 Å². The predicted octanol–water partition coefficient (Wildman–Crippen LogP) is 5.01. The Kier molecular flexibility index (Phi) is 7.33. The quantitative estimate of drug-likeness (QED) is 0.622. The molecule has 0 aliphatic carbocycles. The number of aliphatic hydroxyl groups is 1. The molecule has 31 heavy (non-hydrogen) atoms. The summed E-state index contributed by atoms with van der Waals surface area (Å²) in [5, 5.41) is 9.76. The summed E-state index contributed by atoms with van der Waals surface area (Å²) >= 11 is 0. The molecule has 1 aliphatic rings. The van der Waals surface area contributed by atoms with E-state index < -0.39 is 11.7 Å².